The third-order valence-electron chi connectivity index (χ3n) is 2.18. The summed E-state index contributed by atoms with van der Waals surface area (Å²) in [6.07, 6.45) is 0. The number of hydrogen-bond acceptors (Lipinski definition) is 5. The van der Waals surface area contributed by atoms with Crippen molar-refractivity contribution in [3.63, 3.8) is 0 Å². The fourth-order valence-corrected chi connectivity index (χ4v) is 3.39. The molecule has 0 aliphatic rings. The Morgan fingerprint density at radius 3 is 2.76 bits per heavy atom. The molecule has 1 atom stereocenters. The van der Waals surface area contributed by atoms with Gasteiger partial charge in [0.15, 0.2) is 4.34 Å². The quantitative estimate of drug-likeness (QED) is 0.930. The minimum absolute atomic E-state index is 0.206. The standard InChI is InChI=1S/C11H12FN3S2/c1-6(13)8-4-3-5-9(12)10(8)17-11-15-14-7(2)16-11/h3-6H,13H2,1-2H3. The number of nitrogens with two attached hydrogens (primary N) is 1. The van der Waals surface area contributed by atoms with E-state index in [0.29, 0.717) is 4.90 Å². The van der Waals surface area contributed by atoms with Gasteiger partial charge in [0.25, 0.3) is 0 Å². The third-order valence-corrected chi connectivity index (χ3v) is 4.21. The van der Waals surface area contributed by atoms with E-state index < -0.39 is 0 Å². The number of aromatic nitrogens is 2. The second-order valence-electron chi connectivity index (χ2n) is 3.64. The fraction of sp³-hybridized carbons (Fsp3) is 0.273. The molecule has 0 aliphatic heterocycles. The number of aryl methyl sites for hydroxylation is 1. The van der Waals surface area contributed by atoms with Gasteiger partial charge in [0.2, 0.25) is 0 Å². The molecule has 0 aliphatic carbocycles. The van der Waals surface area contributed by atoms with Gasteiger partial charge in [-0.25, -0.2) is 4.39 Å². The maximum Gasteiger partial charge on any atom is 0.179 e. The maximum absolute atomic E-state index is 13.8. The van der Waals surface area contributed by atoms with Crippen LogP contribution in [0.1, 0.15) is 23.5 Å². The van der Waals surface area contributed by atoms with Crippen LogP contribution < -0.4 is 5.73 Å². The van der Waals surface area contributed by atoms with Crippen LogP contribution in [0.2, 0.25) is 0 Å². The predicted molar refractivity (Wildman–Crippen MR) is 67.8 cm³/mol. The van der Waals surface area contributed by atoms with E-state index in [2.05, 4.69) is 10.2 Å². The van der Waals surface area contributed by atoms with Gasteiger partial charge in [0, 0.05) is 6.04 Å². The molecule has 2 aromatic rings. The van der Waals surface area contributed by atoms with Crippen molar-refractivity contribution in [3.8, 4) is 0 Å². The minimum Gasteiger partial charge on any atom is -0.324 e. The number of halogens is 1. The molecule has 0 saturated heterocycles. The van der Waals surface area contributed by atoms with Gasteiger partial charge in [-0.3, -0.25) is 0 Å². The molecule has 17 heavy (non-hydrogen) atoms. The SMILES string of the molecule is Cc1nnc(Sc2c(F)cccc2C(C)N)s1. The molecular weight excluding hydrogens is 257 g/mol. The fourth-order valence-electron chi connectivity index (χ4n) is 1.40. The second-order valence-corrected chi connectivity index (χ2v) is 6.08. The van der Waals surface area contributed by atoms with Crippen molar-refractivity contribution in [2.45, 2.75) is 29.1 Å². The highest BCUT2D eigenvalue weighted by atomic mass is 32.2. The maximum atomic E-state index is 13.8. The van der Waals surface area contributed by atoms with Gasteiger partial charge < -0.3 is 5.73 Å². The lowest BCUT2D eigenvalue weighted by atomic mass is 10.1. The molecule has 1 heterocycles. The van der Waals surface area contributed by atoms with Crippen LogP contribution in [-0.4, -0.2) is 10.2 Å². The average Bonchev–Trinajstić information content (AvgIpc) is 2.67. The van der Waals surface area contributed by atoms with Crippen LogP contribution in [0.5, 0.6) is 0 Å². The van der Waals surface area contributed by atoms with E-state index in [9.17, 15) is 4.39 Å². The van der Waals surface area contributed by atoms with Crippen LogP contribution >= 0.6 is 23.1 Å². The summed E-state index contributed by atoms with van der Waals surface area (Å²) in [5.41, 5.74) is 6.62. The zero-order valence-corrected chi connectivity index (χ0v) is 11.1. The lowest BCUT2D eigenvalue weighted by molar-refractivity contribution is 0.591. The molecular formula is C11H12FN3S2. The first-order valence-electron chi connectivity index (χ1n) is 5.10. The van der Waals surface area contributed by atoms with Crippen molar-refractivity contribution in [2.75, 3.05) is 0 Å². The molecule has 0 radical (unpaired) electrons. The van der Waals surface area contributed by atoms with Gasteiger partial charge >= 0.3 is 0 Å². The minimum atomic E-state index is -0.266. The number of benzene rings is 1. The molecule has 2 rings (SSSR count). The largest absolute Gasteiger partial charge is 0.324 e. The van der Waals surface area contributed by atoms with Gasteiger partial charge in [-0.15, -0.1) is 10.2 Å². The van der Waals surface area contributed by atoms with Crippen molar-refractivity contribution in [3.05, 3.63) is 34.6 Å². The van der Waals surface area contributed by atoms with E-state index in [0.717, 1.165) is 14.9 Å². The monoisotopic (exact) mass is 269 g/mol. The number of hydrogen-bond donors (Lipinski definition) is 1. The van der Waals surface area contributed by atoms with Crippen molar-refractivity contribution in [1.82, 2.24) is 10.2 Å². The highest BCUT2D eigenvalue weighted by Crippen LogP contribution is 2.36. The molecule has 0 spiro atoms. The van der Waals surface area contributed by atoms with Gasteiger partial charge in [-0.05, 0) is 25.5 Å². The van der Waals surface area contributed by atoms with Gasteiger partial charge in [-0.2, -0.15) is 0 Å². The molecule has 1 aromatic heterocycles. The lowest BCUT2D eigenvalue weighted by Crippen LogP contribution is -2.07. The molecule has 0 bridgehead atoms. The summed E-state index contributed by atoms with van der Waals surface area (Å²) >= 11 is 2.72. The predicted octanol–water partition coefficient (Wildman–Crippen LogP) is 3.16. The highest BCUT2D eigenvalue weighted by Gasteiger charge is 2.14. The van der Waals surface area contributed by atoms with Crippen molar-refractivity contribution in [1.29, 1.82) is 0 Å². The zero-order valence-electron chi connectivity index (χ0n) is 9.48. The van der Waals surface area contributed by atoms with Crippen LogP contribution in [0.15, 0.2) is 27.4 Å². The van der Waals surface area contributed by atoms with E-state index in [1.807, 2.05) is 19.9 Å². The first kappa shape index (κ1) is 12.5. The molecule has 90 valence electrons. The van der Waals surface area contributed by atoms with E-state index in [4.69, 9.17) is 5.73 Å². The van der Waals surface area contributed by atoms with E-state index in [1.165, 1.54) is 29.2 Å². The topological polar surface area (TPSA) is 51.8 Å². The number of nitrogens with zero attached hydrogens (tertiary/aromatic N) is 2. The van der Waals surface area contributed by atoms with Crippen LogP contribution in [0, 0.1) is 12.7 Å². The summed E-state index contributed by atoms with van der Waals surface area (Å²) in [5.74, 6) is -0.266. The Bertz CT molecular complexity index is 525. The lowest BCUT2D eigenvalue weighted by Gasteiger charge is -2.11. The Balaban J connectivity index is 2.37. The van der Waals surface area contributed by atoms with Crippen LogP contribution in [0.25, 0.3) is 0 Å². The first-order valence-corrected chi connectivity index (χ1v) is 6.73. The molecule has 1 aromatic carbocycles. The Hall–Kier alpha value is -0.980. The Labute approximate surface area is 107 Å². The Morgan fingerprint density at radius 1 is 1.41 bits per heavy atom. The molecule has 2 N–H and O–H groups in total. The van der Waals surface area contributed by atoms with Crippen LogP contribution in [-0.2, 0) is 0 Å². The van der Waals surface area contributed by atoms with Gasteiger partial charge in [0.05, 0.1) is 4.90 Å². The van der Waals surface area contributed by atoms with Crippen molar-refractivity contribution in [2.24, 2.45) is 5.73 Å². The summed E-state index contributed by atoms with van der Waals surface area (Å²) in [7, 11) is 0. The summed E-state index contributed by atoms with van der Waals surface area (Å²) in [6, 6.07) is 4.73. The zero-order chi connectivity index (χ0) is 12.4. The summed E-state index contributed by atoms with van der Waals surface area (Å²) in [4.78, 5) is 0.540. The van der Waals surface area contributed by atoms with E-state index in [-0.39, 0.29) is 11.9 Å². The second kappa shape index (κ2) is 5.12. The molecule has 0 fully saturated rings. The molecule has 3 nitrogen and oxygen atoms in total. The van der Waals surface area contributed by atoms with Crippen molar-refractivity contribution >= 4 is 23.1 Å². The van der Waals surface area contributed by atoms with Crippen LogP contribution in [0.4, 0.5) is 4.39 Å². The smallest absolute Gasteiger partial charge is 0.179 e. The number of rotatable bonds is 3. The third kappa shape index (κ3) is 2.83. The Kier molecular flexibility index (Phi) is 3.76. The van der Waals surface area contributed by atoms with Crippen molar-refractivity contribution < 1.29 is 4.39 Å². The normalized spacial score (nSPS) is 12.7. The summed E-state index contributed by atoms with van der Waals surface area (Å²) in [5, 5.41) is 8.75. The summed E-state index contributed by atoms with van der Waals surface area (Å²) < 4.78 is 14.5. The van der Waals surface area contributed by atoms with E-state index >= 15 is 0 Å². The molecule has 1 unspecified atom stereocenters. The molecule has 6 heteroatoms. The van der Waals surface area contributed by atoms with Crippen LogP contribution in [0.3, 0.4) is 0 Å². The summed E-state index contributed by atoms with van der Waals surface area (Å²) in [6.45, 7) is 3.71. The van der Waals surface area contributed by atoms with E-state index in [1.54, 1.807) is 6.07 Å². The molecule has 0 amide bonds. The first-order chi connectivity index (χ1) is 8.08. The van der Waals surface area contributed by atoms with Gasteiger partial charge in [-0.1, -0.05) is 35.2 Å². The van der Waals surface area contributed by atoms with Gasteiger partial charge in [0.1, 0.15) is 10.8 Å². The Morgan fingerprint density at radius 2 is 2.18 bits per heavy atom. The molecule has 0 saturated carbocycles. The highest BCUT2D eigenvalue weighted by molar-refractivity contribution is 8.01. The average molecular weight is 269 g/mol.